The normalized spacial score (nSPS) is 19.7. The van der Waals surface area contributed by atoms with Gasteiger partial charge in [0.1, 0.15) is 0 Å². The molecule has 1 saturated heterocycles. The fraction of sp³-hybridized carbons (Fsp3) is 0.391. The number of hydrogen-bond donors (Lipinski definition) is 0. The predicted octanol–water partition coefficient (Wildman–Crippen LogP) is 6.32. The molecule has 2 nitrogen and oxygen atoms in total. The van der Waals surface area contributed by atoms with Crippen LogP contribution in [-0.4, -0.2) is 19.3 Å². The molecule has 0 spiro atoms. The fourth-order valence-corrected chi connectivity index (χ4v) is 3.46. The molecule has 0 saturated carbocycles. The molecule has 2 unspecified atom stereocenters. The molecule has 1 fully saturated rings. The zero-order valence-electron chi connectivity index (χ0n) is 15.7. The molecule has 0 bridgehead atoms. The first-order valence-electron chi connectivity index (χ1n) is 9.59. The summed E-state index contributed by atoms with van der Waals surface area (Å²) >= 11 is 0. The number of hydrogen-bond acceptors (Lipinski definition) is 2. The maximum absolute atomic E-state index is 12.1. The van der Waals surface area contributed by atoms with Crippen molar-refractivity contribution < 1.29 is 18.3 Å². The van der Waals surface area contributed by atoms with Crippen LogP contribution < -0.4 is 0 Å². The number of aryl methyl sites for hydroxylation is 1. The lowest BCUT2D eigenvalue weighted by atomic mass is 9.97. The van der Waals surface area contributed by atoms with Gasteiger partial charge in [-0.15, -0.1) is 0 Å². The Labute approximate surface area is 159 Å². The number of benzene rings is 2. The van der Waals surface area contributed by atoms with Gasteiger partial charge in [0.05, 0.1) is 18.8 Å². The SMILES string of the molecule is CCOC1CCC(c2ccc(-c3ccc(CCC=C(F)F)cc3)cc2)OC1. The molecule has 0 aliphatic carbocycles. The number of rotatable bonds is 7. The van der Waals surface area contributed by atoms with Crippen molar-refractivity contribution >= 4 is 0 Å². The Balaban J connectivity index is 1.58. The van der Waals surface area contributed by atoms with Crippen molar-refractivity contribution in [1.82, 2.24) is 0 Å². The van der Waals surface area contributed by atoms with Gasteiger partial charge in [0, 0.05) is 6.61 Å². The first-order valence-corrected chi connectivity index (χ1v) is 9.59. The highest BCUT2D eigenvalue weighted by Gasteiger charge is 2.23. The van der Waals surface area contributed by atoms with E-state index in [1.807, 2.05) is 31.2 Å². The Morgan fingerprint density at radius 2 is 1.70 bits per heavy atom. The Kier molecular flexibility index (Phi) is 7.13. The van der Waals surface area contributed by atoms with Crippen LogP contribution >= 0.6 is 0 Å². The molecule has 1 heterocycles. The van der Waals surface area contributed by atoms with E-state index in [0.29, 0.717) is 19.4 Å². The van der Waals surface area contributed by atoms with Gasteiger partial charge in [-0.3, -0.25) is 0 Å². The molecule has 2 aromatic rings. The summed E-state index contributed by atoms with van der Waals surface area (Å²) < 4.78 is 35.8. The summed E-state index contributed by atoms with van der Waals surface area (Å²) in [7, 11) is 0. The van der Waals surface area contributed by atoms with E-state index in [-0.39, 0.29) is 12.2 Å². The summed E-state index contributed by atoms with van der Waals surface area (Å²) in [5.41, 5.74) is 4.53. The van der Waals surface area contributed by atoms with Crippen molar-refractivity contribution in [3.05, 3.63) is 71.8 Å². The van der Waals surface area contributed by atoms with Crippen molar-refractivity contribution in [2.45, 2.75) is 44.8 Å². The second kappa shape index (κ2) is 9.77. The topological polar surface area (TPSA) is 18.5 Å². The number of allylic oxidation sites excluding steroid dienone is 1. The Morgan fingerprint density at radius 1 is 1.04 bits per heavy atom. The summed E-state index contributed by atoms with van der Waals surface area (Å²) in [6.07, 6.45) is 2.72. The summed E-state index contributed by atoms with van der Waals surface area (Å²) in [5.74, 6) is 0. The van der Waals surface area contributed by atoms with Crippen LogP contribution in [0.15, 0.2) is 60.7 Å². The largest absolute Gasteiger partial charge is 0.376 e. The minimum atomic E-state index is -1.61. The van der Waals surface area contributed by atoms with Crippen LogP contribution in [-0.2, 0) is 15.9 Å². The molecular weight excluding hydrogens is 346 g/mol. The average molecular weight is 372 g/mol. The van der Waals surface area contributed by atoms with Crippen LogP contribution in [0.4, 0.5) is 8.78 Å². The van der Waals surface area contributed by atoms with Crippen LogP contribution in [0.5, 0.6) is 0 Å². The third kappa shape index (κ3) is 5.72. The van der Waals surface area contributed by atoms with Crippen molar-refractivity contribution in [2.24, 2.45) is 0 Å². The van der Waals surface area contributed by atoms with E-state index >= 15 is 0 Å². The summed E-state index contributed by atoms with van der Waals surface area (Å²) in [6.45, 7) is 3.40. The van der Waals surface area contributed by atoms with Crippen LogP contribution in [0.3, 0.4) is 0 Å². The van der Waals surface area contributed by atoms with Gasteiger partial charge < -0.3 is 9.47 Å². The highest BCUT2D eigenvalue weighted by atomic mass is 19.3. The summed E-state index contributed by atoms with van der Waals surface area (Å²) in [5, 5.41) is 0. The number of ether oxygens (including phenoxy) is 2. The lowest BCUT2D eigenvalue weighted by Crippen LogP contribution is -2.27. The summed E-state index contributed by atoms with van der Waals surface area (Å²) in [4.78, 5) is 0. The molecule has 2 aromatic carbocycles. The zero-order valence-corrected chi connectivity index (χ0v) is 15.7. The van der Waals surface area contributed by atoms with Gasteiger partial charge in [-0.05, 0) is 60.9 Å². The highest BCUT2D eigenvalue weighted by Crippen LogP contribution is 2.30. The summed E-state index contributed by atoms with van der Waals surface area (Å²) in [6, 6.07) is 16.6. The van der Waals surface area contributed by atoms with Crippen LogP contribution in [0.2, 0.25) is 0 Å². The molecule has 0 aromatic heterocycles. The fourth-order valence-electron chi connectivity index (χ4n) is 3.46. The average Bonchev–Trinajstić information content (AvgIpc) is 2.69. The smallest absolute Gasteiger partial charge is 0.266 e. The van der Waals surface area contributed by atoms with Crippen molar-refractivity contribution in [3.63, 3.8) is 0 Å². The molecule has 27 heavy (non-hydrogen) atoms. The number of halogens is 2. The first-order chi connectivity index (χ1) is 13.2. The molecule has 3 rings (SSSR count). The Hall–Kier alpha value is -2.04. The van der Waals surface area contributed by atoms with Gasteiger partial charge in [-0.25, -0.2) is 0 Å². The molecule has 1 aliphatic rings. The quantitative estimate of drug-likeness (QED) is 0.566. The Bertz CT molecular complexity index is 726. The van der Waals surface area contributed by atoms with Crippen LogP contribution in [0, 0.1) is 0 Å². The second-order valence-electron chi connectivity index (χ2n) is 6.83. The van der Waals surface area contributed by atoms with Gasteiger partial charge in [-0.2, -0.15) is 8.78 Å². The zero-order chi connectivity index (χ0) is 19.1. The van der Waals surface area contributed by atoms with Gasteiger partial charge >= 0.3 is 0 Å². The van der Waals surface area contributed by atoms with E-state index < -0.39 is 6.08 Å². The maximum Gasteiger partial charge on any atom is 0.266 e. The highest BCUT2D eigenvalue weighted by molar-refractivity contribution is 5.64. The van der Waals surface area contributed by atoms with Crippen molar-refractivity contribution in [2.75, 3.05) is 13.2 Å². The monoisotopic (exact) mass is 372 g/mol. The van der Waals surface area contributed by atoms with E-state index in [2.05, 4.69) is 24.3 Å². The van der Waals surface area contributed by atoms with Crippen LogP contribution in [0.25, 0.3) is 11.1 Å². The van der Waals surface area contributed by atoms with E-state index in [9.17, 15) is 8.78 Å². The van der Waals surface area contributed by atoms with Crippen molar-refractivity contribution in [3.8, 4) is 11.1 Å². The van der Waals surface area contributed by atoms with E-state index in [1.54, 1.807) is 0 Å². The lowest BCUT2D eigenvalue weighted by molar-refractivity contribution is -0.0840. The molecular formula is C23H26F2O2. The minimum Gasteiger partial charge on any atom is -0.376 e. The van der Waals surface area contributed by atoms with Gasteiger partial charge in [-0.1, -0.05) is 48.5 Å². The Morgan fingerprint density at radius 3 is 2.26 bits per heavy atom. The molecule has 144 valence electrons. The van der Waals surface area contributed by atoms with Gasteiger partial charge in [0.15, 0.2) is 0 Å². The van der Waals surface area contributed by atoms with E-state index in [4.69, 9.17) is 9.47 Å². The maximum atomic E-state index is 12.1. The third-order valence-electron chi connectivity index (χ3n) is 4.94. The first kappa shape index (κ1) is 19.7. The second-order valence-corrected chi connectivity index (χ2v) is 6.83. The van der Waals surface area contributed by atoms with E-state index in [0.717, 1.165) is 42.2 Å². The van der Waals surface area contributed by atoms with Gasteiger partial charge in [0.25, 0.3) is 6.08 Å². The van der Waals surface area contributed by atoms with Crippen LogP contribution in [0.1, 0.15) is 43.4 Å². The lowest BCUT2D eigenvalue weighted by Gasteiger charge is -2.29. The molecule has 0 radical (unpaired) electrons. The molecule has 2 atom stereocenters. The van der Waals surface area contributed by atoms with Gasteiger partial charge in [0.2, 0.25) is 0 Å². The third-order valence-corrected chi connectivity index (χ3v) is 4.94. The molecule has 4 heteroatoms. The predicted molar refractivity (Wildman–Crippen MR) is 104 cm³/mol. The molecule has 0 N–H and O–H groups in total. The minimum absolute atomic E-state index is 0.141. The molecule has 0 amide bonds. The van der Waals surface area contributed by atoms with E-state index in [1.165, 1.54) is 5.56 Å². The van der Waals surface area contributed by atoms with Crippen molar-refractivity contribution in [1.29, 1.82) is 0 Å². The standard InChI is InChI=1S/C23H26F2O2/c1-2-26-21-14-15-22(27-16-21)20-12-10-19(11-13-20)18-8-6-17(7-9-18)4-3-5-23(24)25/h5-13,21-22H,2-4,14-16H2,1H3. The molecule has 1 aliphatic heterocycles.